The third-order valence-corrected chi connectivity index (χ3v) is 4.91. The molecule has 0 spiro atoms. The molecule has 4 nitrogen and oxygen atoms in total. The highest BCUT2D eigenvalue weighted by Crippen LogP contribution is 2.17. The fraction of sp³-hybridized carbons (Fsp3) is 0.929. The van der Waals surface area contributed by atoms with Gasteiger partial charge in [-0.3, -0.25) is 4.99 Å². The first-order valence-corrected chi connectivity index (χ1v) is 8.64. The molecule has 0 aliphatic carbocycles. The SMILES string of the molecule is CCNC(=NCC(O)(CC)CC)NC1CCCSC1.I. The average Bonchev–Trinajstić information content (AvgIpc) is 2.46. The summed E-state index contributed by atoms with van der Waals surface area (Å²) in [4.78, 5) is 4.56. The van der Waals surface area contributed by atoms with Crippen LogP contribution in [0, 0.1) is 0 Å². The maximum atomic E-state index is 10.3. The van der Waals surface area contributed by atoms with Crippen molar-refractivity contribution in [1.82, 2.24) is 10.6 Å². The van der Waals surface area contributed by atoms with Gasteiger partial charge in [0.15, 0.2) is 5.96 Å². The molecule has 3 N–H and O–H groups in total. The van der Waals surface area contributed by atoms with Crippen LogP contribution in [0.3, 0.4) is 0 Å². The van der Waals surface area contributed by atoms with E-state index in [9.17, 15) is 5.11 Å². The van der Waals surface area contributed by atoms with E-state index in [1.807, 2.05) is 25.6 Å². The predicted molar refractivity (Wildman–Crippen MR) is 100 cm³/mol. The summed E-state index contributed by atoms with van der Waals surface area (Å²) in [6.45, 7) is 7.41. The Morgan fingerprint density at radius 3 is 2.55 bits per heavy atom. The Labute approximate surface area is 145 Å². The van der Waals surface area contributed by atoms with Gasteiger partial charge in [0.2, 0.25) is 0 Å². The van der Waals surface area contributed by atoms with Gasteiger partial charge in [-0.15, -0.1) is 24.0 Å². The number of guanidine groups is 1. The van der Waals surface area contributed by atoms with Gasteiger partial charge in [0.05, 0.1) is 12.1 Å². The van der Waals surface area contributed by atoms with Gasteiger partial charge in [-0.25, -0.2) is 0 Å². The monoisotopic (exact) mass is 415 g/mol. The lowest BCUT2D eigenvalue weighted by Crippen LogP contribution is -2.46. The first-order valence-electron chi connectivity index (χ1n) is 7.48. The maximum absolute atomic E-state index is 10.3. The molecule has 1 heterocycles. The Morgan fingerprint density at radius 2 is 2.05 bits per heavy atom. The molecule has 0 amide bonds. The summed E-state index contributed by atoms with van der Waals surface area (Å²) in [6.07, 6.45) is 3.97. The minimum Gasteiger partial charge on any atom is -0.388 e. The Kier molecular flexibility index (Phi) is 11.1. The van der Waals surface area contributed by atoms with Crippen molar-refractivity contribution >= 4 is 41.7 Å². The van der Waals surface area contributed by atoms with Crippen molar-refractivity contribution in [1.29, 1.82) is 0 Å². The van der Waals surface area contributed by atoms with Gasteiger partial charge < -0.3 is 15.7 Å². The summed E-state index contributed by atoms with van der Waals surface area (Å²) < 4.78 is 0. The fourth-order valence-electron chi connectivity index (χ4n) is 2.07. The molecule has 120 valence electrons. The molecule has 20 heavy (non-hydrogen) atoms. The summed E-state index contributed by atoms with van der Waals surface area (Å²) in [5.74, 6) is 3.27. The Bertz CT molecular complexity index is 280. The van der Waals surface area contributed by atoms with Crippen molar-refractivity contribution in [3.8, 4) is 0 Å². The summed E-state index contributed by atoms with van der Waals surface area (Å²) in [5.41, 5.74) is -0.663. The minimum atomic E-state index is -0.663. The Morgan fingerprint density at radius 1 is 1.35 bits per heavy atom. The lowest BCUT2D eigenvalue weighted by atomic mass is 9.98. The van der Waals surface area contributed by atoms with Crippen molar-refractivity contribution < 1.29 is 5.11 Å². The van der Waals surface area contributed by atoms with Crippen LogP contribution in [0.1, 0.15) is 46.5 Å². The molecular weight excluding hydrogens is 385 g/mol. The number of nitrogens with one attached hydrogen (secondary N) is 2. The molecular formula is C14H30IN3OS. The predicted octanol–water partition coefficient (Wildman–Crippen LogP) is 2.61. The molecule has 1 aliphatic rings. The number of aliphatic imine (C=N–C) groups is 1. The van der Waals surface area contributed by atoms with Gasteiger partial charge in [-0.2, -0.15) is 11.8 Å². The van der Waals surface area contributed by atoms with Gasteiger partial charge in [-0.05, 0) is 38.4 Å². The molecule has 0 aromatic heterocycles. The standard InChI is InChI=1S/C14H29N3OS.HI/c1-4-14(18,5-2)11-16-13(15-6-3)17-12-8-7-9-19-10-12;/h12,18H,4-11H2,1-3H3,(H2,15,16,17);1H. The van der Waals surface area contributed by atoms with Crippen molar-refractivity contribution in [3.63, 3.8) is 0 Å². The summed E-state index contributed by atoms with van der Waals surface area (Å²) >= 11 is 2.00. The van der Waals surface area contributed by atoms with E-state index in [0.717, 1.165) is 31.1 Å². The highest BCUT2D eigenvalue weighted by Gasteiger charge is 2.22. The van der Waals surface area contributed by atoms with Crippen LogP contribution in [0.15, 0.2) is 4.99 Å². The number of aliphatic hydroxyl groups is 1. The number of hydrogen-bond acceptors (Lipinski definition) is 3. The number of thioether (sulfide) groups is 1. The number of nitrogens with zero attached hydrogens (tertiary/aromatic N) is 1. The normalized spacial score (nSPS) is 20.2. The van der Waals surface area contributed by atoms with E-state index in [4.69, 9.17) is 0 Å². The van der Waals surface area contributed by atoms with Crippen LogP contribution < -0.4 is 10.6 Å². The van der Waals surface area contributed by atoms with Crippen LogP contribution >= 0.6 is 35.7 Å². The third-order valence-electron chi connectivity index (χ3n) is 3.69. The minimum absolute atomic E-state index is 0. The lowest BCUT2D eigenvalue weighted by Gasteiger charge is -2.26. The number of halogens is 1. The quantitative estimate of drug-likeness (QED) is 0.355. The second-order valence-corrected chi connectivity index (χ2v) is 6.33. The second kappa shape index (κ2) is 11.0. The van der Waals surface area contributed by atoms with Crippen LogP contribution in [-0.2, 0) is 0 Å². The highest BCUT2D eigenvalue weighted by atomic mass is 127. The third kappa shape index (κ3) is 7.36. The first kappa shape index (κ1) is 20.3. The molecule has 1 rings (SSSR count). The zero-order valence-electron chi connectivity index (χ0n) is 12.9. The van der Waals surface area contributed by atoms with E-state index >= 15 is 0 Å². The second-order valence-electron chi connectivity index (χ2n) is 5.19. The van der Waals surface area contributed by atoms with Crippen molar-refractivity contribution in [2.75, 3.05) is 24.6 Å². The molecule has 1 saturated heterocycles. The van der Waals surface area contributed by atoms with Crippen LogP contribution in [0.4, 0.5) is 0 Å². The van der Waals surface area contributed by atoms with Gasteiger partial charge in [0.25, 0.3) is 0 Å². The Balaban J connectivity index is 0.00000361. The molecule has 0 aromatic carbocycles. The molecule has 1 fully saturated rings. The number of rotatable bonds is 6. The fourth-order valence-corrected chi connectivity index (χ4v) is 3.14. The molecule has 0 bridgehead atoms. The van der Waals surface area contributed by atoms with Crippen molar-refractivity contribution in [2.24, 2.45) is 4.99 Å². The number of hydrogen-bond donors (Lipinski definition) is 3. The molecule has 0 radical (unpaired) electrons. The van der Waals surface area contributed by atoms with Gasteiger partial charge in [0, 0.05) is 18.3 Å². The zero-order valence-corrected chi connectivity index (χ0v) is 16.1. The van der Waals surface area contributed by atoms with E-state index in [-0.39, 0.29) is 24.0 Å². The van der Waals surface area contributed by atoms with E-state index in [1.54, 1.807) is 0 Å². The Hall–Kier alpha value is 0.310. The van der Waals surface area contributed by atoms with Gasteiger partial charge in [0.1, 0.15) is 0 Å². The molecule has 6 heteroatoms. The van der Waals surface area contributed by atoms with Crippen molar-refractivity contribution in [2.45, 2.75) is 58.1 Å². The van der Waals surface area contributed by atoms with E-state index < -0.39 is 5.60 Å². The smallest absolute Gasteiger partial charge is 0.191 e. The average molecular weight is 415 g/mol. The molecule has 0 aromatic rings. The molecule has 0 saturated carbocycles. The maximum Gasteiger partial charge on any atom is 0.191 e. The van der Waals surface area contributed by atoms with Crippen LogP contribution in [0.5, 0.6) is 0 Å². The molecule has 1 unspecified atom stereocenters. The lowest BCUT2D eigenvalue weighted by molar-refractivity contribution is 0.0417. The highest BCUT2D eigenvalue weighted by molar-refractivity contribution is 14.0. The molecule has 1 aliphatic heterocycles. The molecule has 1 atom stereocenters. The van der Waals surface area contributed by atoms with Gasteiger partial charge >= 0.3 is 0 Å². The zero-order chi connectivity index (χ0) is 14.1. The first-order chi connectivity index (χ1) is 9.13. The summed E-state index contributed by atoms with van der Waals surface area (Å²) in [7, 11) is 0. The van der Waals surface area contributed by atoms with E-state index in [1.165, 1.54) is 18.6 Å². The largest absolute Gasteiger partial charge is 0.388 e. The van der Waals surface area contributed by atoms with Crippen LogP contribution in [0.25, 0.3) is 0 Å². The van der Waals surface area contributed by atoms with Crippen molar-refractivity contribution in [3.05, 3.63) is 0 Å². The summed E-state index contributed by atoms with van der Waals surface area (Å²) in [6, 6.07) is 0.507. The topological polar surface area (TPSA) is 56.7 Å². The summed E-state index contributed by atoms with van der Waals surface area (Å²) in [5, 5.41) is 17.0. The van der Waals surface area contributed by atoms with Gasteiger partial charge in [-0.1, -0.05) is 13.8 Å². The van der Waals surface area contributed by atoms with Crippen LogP contribution in [0.2, 0.25) is 0 Å². The van der Waals surface area contributed by atoms with Crippen LogP contribution in [-0.4, -0.2) is 47.3 Å². The van der Waals surface area contributed by atoms with E-state index in [0.29, 0.717) is 12.6 Å². The van der Waals surface area contributed by atoms with E-state index in [2.05, 4.69) is 22.5 Å².